The Kier molecular flexibility index (Phi) is 6.62. The zero-order valence-corrected chi connectivity index (χ0v) is 13.0. The fourth-order valence-electron chi connectivity index (χ4n) is 2.56. The predicted octanol–water partition coefficient (Wildman–Crippen LogP) is 2.89. The van der Waals surface area contributed by atoms with Gasteiger partial charge in [0.1, 0.15) is 11.4 Å². The maximum Gasteiger partial charge on any atom is 0.323 e. The second-order valence-electron chi connectivity index (χ2n) is 5.15. The molecule has 0 aromatic heterocycles. The summed E-state index contributed by atoms with van der Waals surface area (Å²) < 4.78 is 13.3. The summed E-state index contributed by atoms with van der Waals surface area (Å²) in [5.41, 5.74) is -0.0409. The van der Waals surface area contributed by atoms with Crippen molar-refractivity contribution in [2.45, 2.75) is 38.6 Å². The molecule has 1 aromatic rings. The highest BCUT2D eigenvalue weighted by Crippen LogP contribution is 2.20. The molecule has 0 radical (unpaired) electrons. The number of carboxylic acid groups (broad SMARTS) is 1. The first-order valence-electron chi connectivity index (χ1n) is 7.42. The molecule has 118 valence electrons. The third-order valence-electron chi connectivity index (χ3n) is 4.08. The minimum absolute atomic E-state index is 0.255. The van der Waals surface area contributed by atoms with Gasteiger partial charge in [0.2, 0.25) is 0 Å². The molecule has 1 aromatic carbocycles. The van der Waals surface area contributed by atoms with Gasteiger partial charge in [-0.1, -0.05) is 13.0 Å². The van der Waals surface area contributed by atoms with Crippen molar-refractivity contribution >= 4 is 11.7 Å². The molecule has 1 unspecified atom stereocenters. The number of rotatable bonds is 9. The first-order valence-corrected chi connectivity index (χ1v) is 7.42. The second kappa shape index (κ2) is 7.98. The molecule has 1 atom stereocenters. The van der Waals surface area contributed by atoms with E-state index in [9.17, 15) is 14.3 Å². The molecular formula is C16H25FN2O2. The van der Waals surface area contributed by atoms with Crippen molar-refractivity contribution in [3.63, 3.8) is 0 Å². The Morgan fingerprint density at radius 2 is 2.14 bits per heavy atom. The monoisotopic (exact) mass is 296 g/mol. The SMILES string of the molecule is CCN(CCCC(CC)(NC)C(=O)O)c1cccc(F)c1. The number of likely N-dealkylation sites (N-methyl/N-ethyl adjacent to an activating group) is 1. The van der Waals surface area contributed by atoms with Gasteiger partial charge in [0, 0.05) is 18.8 Å². The summed E-state index contributed by atoms with van der Waals surface area (Å²) in [5, 5.41) is 12.3. The van der Waals surface area contributed by atoms with E-state index in [0.29, 0.717) is 19.4 Å². The third kappa shape index (κ3) is 4.43. The Morgan fingerprint density at radius 3 is 2.62 bits per heavy atom. The molecule has 0 saturated carbocycles. The molecule has 0 spiro atoms. The number of carbonyl (C=O) groups is 1. The lowest BCUT2D eigenvalue weighted by Gasteiger charge is -2.30. The van der Waals surface area contributed by atoms with Gasteiger partial charge in [0.25, 0.3) is 0 Å². The lowest BCUT2D eigenvalue weighted by atomic mass is 9.90. The molecule has 0 amide bonds. The summed E-state index contributed by atoms with van der Waals surface area (Å²) in [5.74, 6) is -1.07. The molecule has 0 aliphatic heterocycles. The van der Waals surface area contributed by atoms with Crippen molar-refractivity contribution in [3.8, 4) is 0 Å². The number of carboxylic acids is 1. The Bertz CT molecular complexity index is 461. The van der Waals surface area contributed by atoms with Crippen LogP contribution in [0.2, 0.25) is 0 Å². The van der Waals surface area contributed by atoms with Crippen LogP contribution >= 0.6 is 0 Å². The van der Waals surface area contributed by atoms with E-state index in [4.69, 9.17) is 0 Å². The highest BCUT2D eigenvalue weighted by atomic mass is 19.1. The van der Waals surface area contributed by atoms with Gasteiger partial charge in [-0.15, -0.1) is 0 Å². The normalized spacial score (nSPS) is 13.7. The lowest BCUT2D eigenvalue weighted by Crippen LogP contribution is -2.50. The van der Waals surface area contributed by atoms with Crippen LogP contribution in [-0.2, 0) is 4.79 Å². The average molecular weight is 296 g/mol. The second-order valence-corrected chi connectivity index (χ2v) is 5.15. The standard InChI is InChI=1S/C16H25FN2O2/c1-4-16(18-3,15(20)21)10-7-11-19(5-2)14-9-6-8-13(17)12-14/h6,8-9,12,18H,4-5,7,10-11H2,1-3H3,(H,20,21). The minimum Gasteiger partial charge on any atom is -0.480 e. The van der Waals surface area contributed by atoms with Crippen molar-refractivity contribution in [3.05, 3.63) is 30.1 Å². The van der Waals surface area contributed by atoms with Gasteiger partial charge in [0.05, 0.1) is 0 Å². The van der Waals surface area contributed by atoms with Gasteiger partial charge in [-0.25, -0.2) is 4.39 Å². The number of hydrogen-bond acceptors (Lipinski definition) is 3. The summed E-state index contributed by atoms with van der Waals surface area (Å²) in [7, 11) is 1.68. The number of hydrogen-bond donors (Lipinski definition) is 2. The van der Waals surface area contributed by atoms with E-state index in [1.807, 2.05) is 19.9 Å². The molecular weight excluding hydrogens is 271 g/mol. The molecule has 5 heteroatoms. The van der Waals surface area contributed by atoms with E-state index in [1.165, 1.54) is 12.1 Å². The average Bonchev–Trinajstić information content (AvgIpc) is 2.47. The quantitative estimate of drug-likeness (QED) is 0.736. The molecule has 4 nitrogen and oxygen atoms in total. The number of nitrogens with one attached hydrogen (secondary N) is 1. The number of halogens is 1. The van der Waals surface area contributed by atoms with Gasteiger partial charge >= 0.3 is 5.97 Å². The Morgan fingerprint density at radius 1 is 1.43 bits per heavy atom. The highest BCUT2D eigenvalue weighted by Gasteiger charge is 2.34. The summed E-state index contributed by atoms with van der Waals surface area (Å²) in [6.45, 7) is 5.34. The van der Waals surface area contributed by atoms with E-state index in [2.05, 4.69) is 10.2 Å². The topological polar surface area (TPSA) is 52.6 Å². The summed E-state index contributed by atoms with van der Waals surface area (Å²) in [6, 6.07) is 6.49. The van der Waals surface area contributed by atoms with Crippen LogP contribution in [-0.4, -0.2) is 36.8 Å². The van der Waals surface area contributed by atoms with E-state index in [0.717, 1.165) is 18.7 Å². The van der Waals surface area contributed by atoms with Crippen LogP contribution in [0.1, 0.15) is 33.1 Å². The van der Waals surface area contributed by atoms with Crippen LogP contribution in [0.25, 0.3) is 0 Å². The van der Waals surface area contributed by atoms with Crippen LogP contribution in [0.5, 0.6) is 0 Å². The Hall–Kier alpha value is -1.62. The largest absolute Gasteiger partial charge is 0.480 e. The molecule has 0 saturated heterocycles. The fraction of sp³-hybridized carbons (Fsp3) is 0.562. The molecule has 0 bridgehead atoms. The van der Waals surface area contributed by atoms with E-state index in [1.54, 1.807) is 13.1 Å². The zero-order valence-electron chi connectivity index (χ0n) is 13.0. The fourth-order valence-corrected chi connectivity index (χ4v) is 2.56. The van der Waals surface area contributed by atoms with Gasteiger partial charge in [-0.05, 0) is 51.4 Å². The number of anilines is 1. The first-order chi connectivity index (χ1) is 9.99. The van der Waals surface area contributed by atoms with Crippen LogP contribution in [0, 0.1) is 5.82 Å². The van der Waals surface area contributed by atoms with Crippen molar-refractivity contribution in [1.82, 2.24) is 5.32 Å². The Balaban J connectivity index is 2.66. The third-order valence-corrected chi connectivity index (χ3v) is 4.08. The molecule has 2 N–H and O–H groups in total. The summed E-state index contributed by atoms with van der Waals surface area (Å²) in [4.78, 5) is 13.5. The van der Waals surface area contributed by atoms with Crippen molar-refractivity contribution in [1.29, 1.82) is 0 Å². The van der Waals surface area contributed by atoms with Gasteiger partial charge in [-0.3, -0.25) is 4.79 Å². The molecule has 1 rings (SSSR count). The van der Waals surface area contributed by atoms with Crippen molar-refractivity contribution in [2.75, 3.05) is 25.0 Å². The smallest absolute Gasteiger partial charge is 0.323 e. The first kappa shape index (κ1) is 17.4. The maximum absolute atomic E-state index is 13.3. The van der Waals surface area contributed by atoms with Crippen LogP contribution in [0.15, 0.2) is 24.3 Å². The van der Waals surface area contributed by atoms with Crippen molar-refractivity contribution < 1.29 is 14.3 Å². The van der Waals surface area contributed by atoms with Crippen LogP contribution in [0.3, 0.4) is 0 Å². The van der Waals surface area contributed by atoms with Gasteiger partial charge in [0.15, 0.2) is 0 Å². The zero-order chi connectivity index (χ0) is 15.9. The molecule has 21 heavy (non-hydrogen) atoms. The molecule has 0 aliphatic carbocycles. The summed E-state index contributed by atoms with van der Waals surface area (Å²) >= 11 is 0. The van der Waals surface area contributed by atoms with E-state index < -0.39 is 11.5 Å². The molecule has 0 aliphatic rings. The Labute approximate surface area is 126 Å². The van der Waals surface area contributed by atoms with Gasteiger partial charge in [-0.2, -0.15) is 0 Å². The number of nitrogens with zero attached hydrogens (tertiary/aromatic N) is 1. The van der Waals surface area contributed by atoms with Gasteiger partial charge < -0.3 is 15.3 Å². The number of aliphatic carboxylic acids is 1. The summed E-state index contributed by atoms with van der Waals surface area (Å²) in [6.07, 6.45) is 1.80. The maximum atomic E-state index is 13.3. The van der Waals surface area contributed by atoms with Crippen LogP contribution in [0.4, 0.5) is 10.1 Å². The predicted molar refractivity (Wildman–Crippen MR) is 83.2 cm³/mol. The molecule has 0 heterocycles. The van der Waals surface area contributed by atoms with E-state index >= 15 is 0 Å². The lowest BCUT2D eigenvalue weighted by molar-refractivity contribution is -0.145. The minimum atomic E-state index is -0.874. The van der Waals surface area contributed by atoms with Crippen molar-refractivity contribution in [2.24, 2.45) is 0 Å². The number of benzene rings is 1. The molecule has 0 fully saturated rings. The van der Waals surface area contributed by atoms with Crippen LogP contribution < -0.4 is 10.2 Å². The van der Waals surface area contributed by atoms with E-state index in [-0.39, 0.29) is 5.82 Å². The highest BCUT2D eigenvalue weighted by molar-refractivity contribution is 5.78.